The molecular formula is C19H22N2O4. The molecule has 1 amide bonds. The molecule has 4 rings (SSSR count). The molecular weight excluding hydrogens is 320 g/mol. The summed E-state index contributed by atoms with van der Waals surface area (Å²) < 4.78 is 10.3. The Morgan fingerprint density at radius 2 is 2.04 bits per heavy atom. The Hall–Kier alpha value is -2.50. The number of fused-ring (bicyclic) bond motifs is 2. The Labute approximate surface area is 146 Å². The zero-order valence-corrected chi connectivity index (χ0v) is 14.8. The molecule has 0 unspecified atom stereocenters. The van der Waals surface area contributed by atoms with Gasteiger partial charge in [-0.15, -0.1) is 0 Å². The highest BCUT2D eigenvalue weighted by Crippen LogP contribution is 2.65. The van der Waals surface area contributed by atoms with E-state index < -0.39 is 6.04 Å². The summed E-state index contributed by atoms with van der Waals surface area (Å²) in [6, 6.07) is 6.91. The quantitative estimate of drug-likeness (QED) is 0.870. The SMILES string of the molecule is COC(=O)[C@@H]1[C@@H]2[C@H](CN1C(=O)c1cc3c(OC)cccc3[nH]1)C2(C)C. The second-order valence-corrected chi connectivity index (χ2v) is 7.48. The average molecular weight is 342 g/mol. The summed E-state index contributed by atoms with van der Waals surface area (Å²) in [5, 5.41) is 0.854. The van der Waals surface area contributed by atoms with Crippen LogP contribution in [0.4, 0.5) is 0 Å². The van der Waals surface area contributed by atoms with Gasteiger partial charge in [0.1, 0.15) is 17.5 Å². The van der Waals surface area contributed by atoms with Crippen molar-refractivity contribution in [3.63, 3.8) is 0 Å². The molecule has 2 aromatic rings. The van der Waals surface area contributed by atoms with E-state index in [1.165, 1.54) is 7.11 Å². The van der Waals surface area contributed by atoms with Crippen LogP contribution in [0.1, 0.15) is 24.3 Å². The van der Waals surface area contributed by atoms with E-state index in [0.717, 1.165) is 10.9 Å². The van der Waals surface area contributed by atoms with Crippen molar-refractivity contribution < 1.29 is 19.1 Å². The number of nitrogens with zero attached hydrogens (tertiary/aromatic N) is 1. The predicted octanol–water partition coefficient (Wildman–Crippen LogP) is 2.45. The highest BCUT2D eigenvalue weighted by molar-refractivity contribution is 6.01. The maximum Gasteiger partial charge on any atom is 0.328 e. The molecule has 2 fully saturated rings. The molecule has 1 aliphatic carbocycles. The number of hydrogen-bond donors (Lipinski definition) is 1. The Morgan fingerprint density at radius 3 is 2.72 bits per heavy atom. The molecule has 1 aromatic heterocycles. The van der Waals surface area contributed by atoms with Crippen molar-refractivity contribution in [3.8, 4) is 5.75 Å². The van der Waals surface area contributed by atoms with Crippen molar-refractivity contribution in [2.45, 2.75) is 19.9 Å². The van der Waals surface area contributed by atoms with E-state index in [-0.39, 0.29) is 23.2 Å². The van der Waals surface area contributed by atoms with Gasteiger partial charge < -0.3 is 19.4 Å². The van der Waals surface area contributed by atoms with Crippen LogP contribution in [0.15, 0.2) is 24.3 Å². The fourth-order valence-electron chi connectivity index (χ4n) is 4.46. The molecule has 6 heteroatoms. The van der Waals surface area contributed by atoms with Gasteiger partial charge in [-0.3, -0.25) is 4.79 Å². The number of H-pyrrole nitrogens is 1. The normalized spacial score (nSPS) is 26.4. The summed E-state index contributed by atoms with van der Waals surface area (Å²) in [5.74, 6) is 0.724. The fourth-order valence-corrected chi connectivity index (χ4v) is 4.46. The van der Waals surface area contributed by atoms with Crippen LogP contribution < -0.4 is 4.74 Å². The Kier molecular flexibility index (Phi) is 3.36. The number of aromatic nitrogens is 1. The number of esters is 1. The van der Waals surface area contributed by atoms with Gasteiger partial charge in [0.25, 0.3) is 5.91 Å². The van der Waals surface area contributed by atoms with Crippen molar-refractivity contribution in [2.24, 2.45) is 17.3 Å². The first-order valence-electron chi connectivity index (χ1n) is 8.44. The molecule has 2 aliphatic rings. The number of nitrogens with one attached hydrogen (secondary N) is 1. The molecule has 0 bridgehead atoms. The lowest BCUT2D eigenvalue weighted by Crippen LogP contribution is -2.46. The fraction of sp³-hybridized carbons (Fsp3) is 0.474. The van der Waals surface area contributed by atoms with Crippen LogP contribution >= 0.6 is 0 Å². The number of likely N-dealkylation sites (tertiary alicyclic amines) is 1. The Bertz CT molecular complexity index is 869. The first-order chi connectivity index (χ1) is 11.9. The minimum atomic E-state index is -0.509. The number of amides is 1. The first kappa shape index (κ1) is 16.0. The maximum atomic E-state index is 13.1. The molecule has 132 valence electrons. The molecule has 1 saturated heterocycles. The van der Waals surface area contributed by atoms with Gasteiger partial charge in [-0.05, 0) is 29.5 Å². The number of rotatable bonds is 3. The van der Waals surface area contributed by atoms with Gasteiger partial charge in [0, 0.05) is 23.4 Å². The lowest BCUT2D eigenvalue weighted by Gasteiger charge is -2.28. The second kappa shape index (κ2) is 5.25. The van der Waals surface area contributed by atoms with Gasteiger partial charge in [-0.1, -0.05) is 19.9 Å². The van der Waals surface area contributed by atoms with E-state index in [0.29, 0.717) is 23.9 Å². The molecule has 25 heavy (non-hydrogen) atoms. The number of methoxy groups -OCH3 is 2. The monoisotopic (exact) mass is 342 g/mol. The molecule has 6 nitrogen and oxygen atoms in total. The van der Waals surface area contributed by atoms with Crippen LogP contribution in [-0.4, -0.2) is 48.6 Å². The van der Waals surface area contributed by atoms with Crippen molar-refractivity contribution in [1.29, 1.82) is 0 Å². The van der Waals surface area contributed by atoms with E-state index in [1.807, 2.05) is 18.2 Å². The molecule has 1 aliphatic heterocycles. The lowest BCUT2D eigenvalue weighted by molar-refractivity contribution is -0.146. The summed E-state index contributed by atoms with van der Waals surface area (Å²) in [6.45, 7) is 4.88. The van der Waals surface area contributed by atoms with Crippen LogP contribution in [0.5, 0.6) is 5.75 Å². The van der Waals surface area contributed by atoms with Crippen LogP contribution in [0.3, 0.4) is 0 Å². The van der Waals surface area contributed by atoms with Gasteiger partial charge in [-0.2, -0.15) is 0 Å². The topological polar surface area (TPSA) is 71.6 Å². The van der Waals surface area contributed by atoms with Crippen molar-refractivity contribution >= 4 is 22.8 Å². The van der Waals surface area contributed by atoms with Gasteiger partial charge in [0.2, 0.25) is 0 Å². The molecule has 1 N–H and O–H groups in total. The van der Waals surface area contributed by atoms with E-state index in [9.17, 15) is 9.59 Å². The highest BCUT2D eigenvalue weighted by atomic mass is 16.5. The standard InChI is InChI=1S/C19H22N2O4/c1-19(2)11-9-21(16(15(11)19)18(23)25-4)17(22)13-8-10-12(20-13)6-5-7-14(10)24-3/h5-8,11,15-16,20H,9H2,1-4H3/t11-,15-,16-/m0/s1. The van der Waals surface area contributed by atoms with E-state index in [2.05, 4.69) is 18.8 Å². The highest BCUT2D eigenvalue weighted by Gasteiger charge is 2.69. The van der Waals surface area contributed by atoms with Gasteiger partial charge in [0.05, 0.1) is 14.2 Å². The van der Waals surface area contributed by atoms with E-state index in [1.54, 1.807) is 18.1 Å². The Balaban J connectivity index is 1.68. The summed E-state index contributed by atoms with van der Waals surface area (Å²) in [5.41, 5.74) is 1.38. The molecule has 0 radical (unpaired) electrons. The number of piperidine rings is 1. The number of carbonyl (C=O) groups is 2. The first-order valence-corrected chi connectivity index (χ1v) is 8.44. The van der Waals surface area contributed by atoms with Gasteiger partial charge >= 0.3 is 5.97 Å². The summed E-state index contributed by atoms with van der Waals surface area (Å²) in [6.07, 6.45) is 0. The van der Waals surface area contributed by atoms with E-state index >= 15 is 0 Å². The largest absolute Gasteiger partial charge is 0.496 e. The maximum absolute atomic E-state index is 13.1. The zero-order chi connectivity index (χ0) is 17.9. The minimum Gasteiger partial charge on any atom is -0.496 e. The number of carbonyl (C=O) groups excluding carboxylic acids is 2. The second-order valence-electron chi connectivity index (χ2n) is 7.48. The molecule has 2 heterocycles. The lowest BCUT2D eigenvalue weighted by atomic mass is 10.0. The third-order valence-corrected chi connectivity index (χ3v) is 5.99. The predicted molar refractivity (Wildman–Crippen MR) is 92.5 cm³/mol. The third-order valence-electron chi connectivity index (χ3n) is 5.99. The average Bonchev–Trinajstić information content (AvgIpc) is 3.02. The van der Waals surface area contributed by atoms with Crippen LogP contribution in [0, 0.1) is 17.3 Å². The molecule has 0 spiro atoms. The van der Waals surface area contributed by atoms with Crippen molar-refractivity contribution in [3.05, 3.63) is 30.0 Å². The van der Waals surface area contributed by atoms with Crippen LogP contribution in [0.2, 0.25) is 0 Å². The molecule has 1 saturated carbocycles. The van der Waals surface area contributed by atoms with Gasteiger partial charge in [0.15, 0.2) is 0 Å². The van der Waals surface area contributed by atoms with Crippen LogP contribution in [-0.2, 0) is 9.53 Å². The van der Waals surface area contributed by atoms with E-state index in [4.69, 9.17) is 9.47 Å². The van der Waals surface area contributed by atoms with Crippen molar-refractivity contribution in [2.75, 3.05) is 20.8 Å². The summed E-state index contributed by atoms with van der Waals surface area (Å²) in [4.78, 5) is 30.2. The van der Waals surface area contributed by atoms with Crippen LogP contribution in [0.25, 0.3) is 10.9 Å². The molecule has 1 aromatic carbocycles. The zero-order valence-electron chi connectivity index (χ0n) is 14.8. The Morgan fingerprint density at radius 1 is 1.28 bits per heavy atom. The molecule has 3 atom stereocenters. The van der Waals surface area contributed by atoms with Crippen molar-refractivity contribution in [1.82, 2.24) is 9.88 Å². The number of aromatic amines is 1. The summed E-state index contributed by atoms with van der Waals surface area (Å²) in [7, 11) is 2.98. The van der Waals surface area contributed by atoms with Gasteiger partial charge in [-0.25, -0.2) is 4.79 Å². The number of hydrogen-bond acceptors (Lipinski definition) is 4. The smallest absolute Gasteiger partial charge is 0.328 e. The number of benzene rings is 1. The minimum absolute atomic E-state index is 0.0826. The third kappa shape index (κ3) is 2.16. The summed E-state index contributed by atoms with van der Waals surface area (Å²) >= 11 is 0. The number of ether oxygens (including phenoxy) is 2.